The van der Waals surface area contributed by atoms with Crippen LogP contribution in [0.2, 0.25) is 5.02 Å². The Morgan fingerprint density at radius 3 is 2.56 bits per heavy atom. The summed E-state index contributed by atoms with van der Waals surface area (Å²) in [4.78, 5) is 38.8. The van der Waals surface area contributed by atoms with Gasteiger partial charge in [-0.25, -0.2) is 14.0 Å². The summed E-state index contributed by atoms with van der Waals surface area (Å²) >= 11 is 6.01. The highest BCUT2D eigenvalue weighted by Gasteiger charge is 2.55. The minimum absolute atomic E-state index is 0.0442. The molecule has 192 valence electrons. The number of hydrogen-bond donors (Lipinski definition) is 1. The van der Waals surface area contributed by atoms with Crippen LogP contribution in [0, 0.1) is 0 Å². The van der Waals surface area contributed by atoms with Gasteiger partial charge < -0.3 is 14.6 Å². The molecule has 0 saturated carbocycles. The Kier molecular flexibility index (Phi) is 6.50. The topological polar surface area (TPSA) is 96.4 Å². The highest BCUT2D eigenvalue weighted by Crippen LogP contribution is 2.51. The third kappa shape index (κ3) is 4.19. The van der Waals surface area contributed by atoms with E-state index in [1.54, 1.807) is 0 Å². The number of benzene rings is 2. The molecule has 13 heteroatoms. The van der Waals surface area contributed by atoms with Gasteiger partial charge >= 0.3 is 18.2 Å². The largest absolute Gasteiger partial charge is 0.496 e. The number of likely N-dealkylation sites (tertiary alicyclic amines) is 1. The molecule has 2 aromatic rings. The average Bonchev–Trinajstić information content (AvgIpc) is 3.40. The number of aliphatic carboxylic acids is 1. The van der Waals surface area contributed by atoms with Crippen molar-refractivity contribution in [1.29, 1.82) is 0 Å². The molecule has 36 heavy (non-hydrogen) atoms. The van der Waals surface area contributed by atoms with Crippen molar-refractivity contribution in [2.45, 2.75) is 30.7 Å². The first-order valence-electron chi connectivity index (χ1n) is 10.6. The summed E-state index contributed by atoms with van der Waals surface area (Å²) in [6.07, 6.45) is -5.32. The van der Waals surface area contributed by atoms with Gasteiger partial charge in [0.2, 0.25) is 5.67 Å². The Hall–Kier alpha value is -3.54. The number of halogens is 5. The first kappa shape index (κ1) is 25.5. The van der Waals surface area contributed by atoms with E-state index in [4.69, 9.17) is 21.1 Å². The molecule has 2 aromatic carbocycles. The summed E-state index contributed by atoms with van der Waals surface area (Å²) in [7, 11) is 1.22. The fraction of sp³-hybridized carbons (Fsp3) is 0.348. The molecule has 2 aliphatic heterocycles. The number of rotatable bonds is 5. The normalized spacial score (nSPS) is 21.5. The molecule has 2 unspecified atom stereocenters. The Labute approximate surface area is 206 Å². The van der Waals surface area contributed by atoms with Gasteiger partial charge in [0, 0.05) is 22.7 Å². The second-order valence-electron chi connectivity index (χ2n) is 8.19. The van der Waals surface area contributed by atoms with Crippen molar-refractivity contribution in [3.8, 4) is 5.75 Å². The summed E-state index contributed by atoms with van der Waals surface area (Å²) in [5.41, 5.74) is -5.41. The summed E-state index contributed by atoms with van der Waals surface area (Å²) in [5.74, 6) is -2.67. The molecule has 2 amide bonds. The number of carboxylic acids is 1. The van der Waals surface area contributed by atoms with Crippen LogP contribution >= 0.6 is 11.6 Å². The Morgan fingerprint density at radius 1 is 1.19 bits per heavy atom. The summed E-state index contributed by atoms with van der Waals surface area (Å²) < 4.78 is 67.2. The van der Waals surface area contributed by atoms with E-state index < -0.39 is 59.4 Å². The molecule has 0 aliphatic carbocycles. The molecule has 2 heterocycles. The van der Waals surface area contributed by atoms with Crippen LogP contribution in [-0.2, 0) is 26.2 Å². The number of amides is 2. The molecule has 2 atom stereocenters. The lowest BCUT2D eigenvalue weighted by Gasteiger charge is -2.25. The highest BCUT2D eigenvalue weighted by atomic mass is 35.5. The van der Waals surface area contributed by atoms with Gasteiger partial charge in [0.25, 0.3) is 5.91 Å². The van der Waals surface area contributed by atoms with Gasteiger partial charge in [-0.15, -0.1) is 0 Å². The van der Waals surface area contributed by atoms with Crippen molar-refractivity contribution in [2.24, 2.45) is 0 Å². The van der Waals surface area contributed by atoms with Crippen LogP contribution in [0.1, 0.15) is 29.5 Å². The van der Waals surface area contributed by atoms with Gasteiger partial charge in [-0.2, -0.15) is 13.2 Å². The lowest BCUT2D eigenvalue weighted by molar-refractivity contribution is -0.141. The summed E-state index contributed by atoms with van der Waals surface area (Å²) in [5, 5.41) is 9.31. The maximum atomic E-state index is 16.7. The van der Waals surface area contributed by atoms with E-state index in [0.717, 1.165) is 17.0 Å². The third-order valence-corrected chi connectivity index (χ3v) is 6.38. The first-order valence-corrected chi connectivity index (χ1v) is 11.0. The number of ether oxygens (including phenoxy) is 2. The van der Waals surface area contributed by atoms with Gasteiger partial charge in [-0.3, -0.25) is 14.6 Å². The maximum Gasteiger partial charge on any atom is 0.416 e. The van der Waals surface area contributed by atoms with E-state index in [-0.39, 0.29) is 29.3 Å². The fourth-order valence-electron chi connectivity index (χ4n) is 4.42. The van der Waals surface area contributed by atoms with Crippen molar-refractivity contribution in [1.82, 2.24) is 4.90 Å². The zero-order valence-electron chi connectivity index (χ0n) is 18.6. The van der Waals surface area contributed by atoms with Crippen molar-refractivity contribution in [2.75, 3.05) is 25.3 Å². The summed E-state index contributed by atoms with van der Waals surface area (Å²) in [6, 6.07) is 4.71. The fourth-order valence-corrected chi connectivity index (χ4v) is 4.59. The van der Waals surface area contributed by atoms with E-state index in [2.05, 4.69) is 0 Å². The average molecular weight is 531 g/mol. The lowest BCUT2D eigenvalue weighted by atomic mass is 9.88. The number of hydrogen-bond acceptors (Lipinski definition) is 5. The molecule has 1 fully saturated rings. The monoisotopic (exact) mass is 530 g/mol. The van der Waals surface area contributed by atoms with E-state index in [1.807, 2.05) is 0 Å². The maximum absolute atomic E-state index is 16.7. The van der Waals surface area contributed by atoms with Crippen LogP contribution in [0.15, 0.2) is 36.4 Å². The second-order valence-corrected chi connectivity index (χ2v) is 8.63. The zero-order chi connectivity index (χ0) is 26.4. The molecular formula is C23H19ClF4N2O6. The van der Waals surface area contributed by atoms with Crippen LogP contribution in [0.3, 0.4) is 0 Å². The molecule has 1 N–H and O–H groups in total. The van der Waals surface area contributed by atoms with E-state index >= 15 is 4.39 Å². The van der Waals surface area contributed by atoms with Crippen molar-refractivity contribution < 1.29 is 46.5 Å². The number of anilines is 1. The molecular weight excluding hydrogens is 512 g/mol. The third-order valence-electron chi connectivity index (χ3n) is 6.15. The van der Waals surface area contributed by atoms with Crippen LogP contribution in [0.4, 0.5) is 28.0 Å². The molecule has 1 saturated heterocycles. The first-order chi connectivity index (χ1) is 16.9. The number of carbonyl (C=O) groups excluding carboxylic acids is 2. The van der Waals surface area contributed by atoms with Gasteiger partial charge in [-0.1, -0.05) is 17.7 Å². The molecule has 0 spiro atoms. The lowest BCUT2D eigenvalue weighted by Crippen LogP contribution is -2.44. The number of carboxylic acid groups (broad SMARTS) is 1. The van der Waals surface area contributed by atoms with Crippen molar-refractivity contribution in [3.05, 3.63) is 58.1 Å². The molecule has 0 bridgehead atoms. The number of fused-ring (bicyclic) bond motifs is 1. The molecule has 4 rings (SSSR count). The second kappa shape index (κ2) is 9.16. The van der Waals surface area contributed by atoms with Gasteiger partial charge in [0.05, 0.1) is 18.4 Å². The quantitative estimate of drug-likeness (QED) is 0.569. The Bertz CT molecular complexity index is 1240. The SMILES string of the molecule is COc1ccc(Cl)cc1C1(F)C(=O)N(COC(=O)N2CCCC2C(=O)O)c2cc(C(F)(F)F)ccc21. The Balaban J connectivity index is 1.75. The molecule has 2 aliphatic rings. The van der Waals surface area contributed by atoms with Crippen LogP contribution in [0.25, 0.3) is 0 Å². The van der Waals surface area contributed by atoms with Gasteiger partial charge in [0.1, 0.15) is 11.8 Å². The highest BCUT2D eigenvalue weighted by molar-refractivity contribution is 6.30. The van der Waals surface area contributed by atoms with E-state index in [1.165, 1.54) is 19.2 Å². The van der Waals surface area contributed by atoms with Gasteiger partial charge in [-0.05, 0) is 43.2 Å². The van der Waals surface area contributed by atoms with Crippen LogP contribution < -0.4 is 9.64 Å². The number of carbonyl (C=O) groups is 3. The van der Waals surface area contributed by atoms with Crippen LogP contribution in [0.5, 0.6) is 5.75 Å². The molecule has 0 radical (unpaired) electrons. The van der Waals surface area contributed by atoms with E-state index in [9.17, 15) is 32.7 Å². The van der Waals surface area contributed by atoms with Crippen LogP contribution in [-0.4, -0.2) is 54.4 Å². The number of alkyl halides is 4. The number of methoxy groups -OCH3 is 1. The Morgan fingerprint density at radius 2 is 1.92 bits per heavy atom. The minimum Gasteiger partial charge on any atom is -0.496 e. The number of nitrogens with zero attached hydrogens (tertiary/aromatic N) is 2. The van der Waals surface area contributed by atoms with E-state index in [0.29, 0.717) is 23.5 Å². The minimum atomic E-state index is -4.81. The standard InChI is InChI=1S/C23H19ClF4N2O6/c1-35-18-7-5-13(24)10-15(18)22(25)14-6-4-12(23(26,27)28)9-17(14)30(20(22)33)11-36-21(34)29-8-2-3-16(29)19(31)32/h4-7,9-10,16H,2-3,8,11H2,1H3,(H,31,32). The van der Waals surface area contributed by atoms with Crippen molar-refractivity contribution in [3.63, 3.8) is 0 Å². The molecule has 8 nitrogen and oxygen atoms in total. The van der Waals surface area contributed by atoms with Crippen molar-refractivity contribution >= 4 is 35.3 Å². The smallest absolute Gasteiger partial charge is 0.416 e. The zero-order valence-corrected chi connectivity index (χ0v) is 19.4. The summed E-state index contributed by atoms with van der Waals surface area (Å²) in [6.45, 7) is -0.880. The van der Waals surface area contributed by atoms with Gasteiger partial charge in [0.15, 0.2) is 6.73 Å². The molecule has 0 aromatic heterocycles. The predicted octanol–water partition coefficient (Wildman–Crippen LogP) is 4.57. The predicted molar refractivity (Wildman–Crippen MR) is 118 cm³/mol.